The van der Waals surface area contributed by atoms with Crippen molar-refractivity contribution < 1.29 is 4.79 Å². The van der Waals surface area contributed by atoms with E-state index in [2.05, 4.69) is 32.2 Å². The van der Waals surface area contributed by atoms with E-state index in [0.717, 1.165) is 41.9 Å². The molecule has 19 heavy (non-hydrogen) atoms. The number of carbonyl (C=O) groups excluding carboxylic acids is 1. The van der Waals surface area contributed by atoms with Crippen molar-refractivity contribution in [1.82, 2.24) is 10.2 Å². The fourth-order valence-electron chi connectivity index (χ4n) is 2.25. The monoisotopic (exact) mass is 325 g/mol. The van der Waals surface area contributed by atoms with Crippen LogP contribution in [0.15, 0.2) is 22.7 Å². The molecule has 0 aromatic heterocycles. The molecule has 0 unspecified atom stereocenters. The number of anilines is 1. The third kappa shape index (κ3) is 3.55. The lowest BCUT2D eigenvalue weighted by Crippen LogP contribution is -2.51. The van der Waals surface area contributed by atoms with E-state index in [1.807, 2.05) is 31.0 Å². The van der Waals surface area contributed by atoms with E-state index in [-0.39, 0.29) is 5.91 Å². The summed E-state index contributed by atoms with van der Waals surface area (Å²) in [6.07, 6.45) is 0. The minimum atomic E-state index is 0.184. The summed E-state index contributed by atoms with van der Waals surface area (Å²) in [7, 11) is 1.93. The van der Waals surface area contributed by atoms with Crippen LogP contribution in [0, 0.1) is 6.92 Å². The number of nitrogens with one attached hydrogen (secondary N) is 1. The predicted molar refractivity (Wildman–Crippen MR) is 81.6 cm³/mol. The third-order valence-electron chi connectivity index (χ3n) is 3.43. The molecule has 1 aromatic rings. The summed E-state index contributed by atoms with van der Waals surface area (Å²) in [5.74, 6) is 0.184. The number of rotatable bonds is 4. The molecule has 1 amide bonds. The van der Waals surface area contributed by atoms with Crippen molar-refractivity contribution in [3.05, 3.63) is 28.2 Å². The third-order valence-corrected chi connectivity index (χ3v) is 4.32. The van der Waals surface area contributed by atoms with Crippen molar-refractivity contribution in [3.63, 3.8) is 0 Å². The van der Waals surface area contributed by atoms with Crippen LogP contribution in [0.3, 0.4) is 0 Å². The van der Waals surface area contributed by atoms with Gasteiger partial charge in [0.25, 0.3) is 0 Å². The minimum absolute atomic E-state index is 0.184. The van der Waals surface area contributed by atoms with Crippen molar-refractivity contribution in [1.29, 1.82) is 0 Å². The first kappa shape index (κ1) is 14.5. The summed E-state index contributed by atoms with van der Waals surface area (Å²) in [6, 6.07) is 6.06. The molecule has 1 fully saturated rings. The van der Waals surface area contributed by atoms with E-state index in [4.69, 9.17) is 0 Å². The molecule has 1 N–H and O–H groups in total. The lowest BCUT2D eigenvalue weighted by atomic mass is 10.2. The minimum Gasteiger partial charge on any atom is -0.318 e. The largest absolute Gasteiger partial charge is 0.318 e. The topological polar surface area (TPSA) is 35.6 Å². The fourth-order valence-corrected chi connectivity index (χ4v) is 2.50. The van der Waals surface area contributed by atoms with Crippen LogP contribution in [-0.2, 0) is 4.79 Å². The highest BCUT2D eigenvalue weighted by molar-refractivity contribution is 9.10. The van der Waals surface area contributed by atoms with Crippen LogP contribution < -0.4 is 10.2 Å². The van der Waals surface area contributed by atoms with Gasteiger partial charge in [-0.3, -0.25) is 9.69 Å². The number of hydrogen-bond donors (Lipinski definition) is 1. The molecule has 0 saturated carbocycles. The van der Waals surface area contributed by atoms with E-state index in [9.17, 15) is 4.79 Å². The second-order valence-electron chi connectivity index (χ2n) is 4.86. The Hall–Kier alpha value is -0.910. The molecule has 0 spiro atoms. The van der Waals surface area contributed by atoms with Gasteiger partial charge in [-0.15, -0.1) is 0 Å². The molecule has 0 atom stereocenters. The second-order valence-corrected chi connectivity index (χ2v) is 5.71. The average Bonchev–Trinajstić information content (AvgIpc) is 2.40. The SMILES string of the molecule is CNCCN1CCN(c2ccc(Br)c(C)c2)C(=O)C1. The highest BCUT2D eigenvalue weighted by Gasteiger charge is 2.24. The van der Waals surface area contributed by atoms with E-state index in [1.165, 1.54) is 0 Å². The zero-order valence-electron chi connectivity index (χ0n) is 11.4. The molecule has 1 aliphatic heterocycles. The van der Waals surface area contributed by atoms with Crippen molar-refractivity contribution in [2.75, 3.05) is 44.7 Å². The van der Waals surface area contributed by atoms with Crippen molar-refractivity contribution in [2.24, 2.45) is 0 Å². The van der Waals surface area contributed by atoms with E-state index >= 15 is 0 Å². The van der Waals surface area contributed by atoms with Crippen LogP contribution >= 0.6 is 15.9 Å². The Morgan fingerprint density at radius 1 is 1.37 bits per heavy atom. The Kier molecular flexibility index (Phi) is 4.96. The van der Waals surface area contributed by atoms with Crippen LogP contribution in [0.2, 0.25) is 0 Å². The Morgan fingerprint density at radius 2 is 2.16 bits per heavy atom. The summed E-state index contributed by atoms with van der Waals surface area (Å²) in [6.45, 7) is 6.10. The van der Waals surface area contributed by atoms with Crippen molar-refractivity contribution >= 4 is 27.5 Å². The number of halogens is 1. The maximum Gasteiger partial charge on any atom is 0.241 e. The lowest BCUT2D eigenvalue weighted by Gasteiger charge is -2.34. The number of likely N-dealkylation sites (N-methyl/N-ethyl adjacent to an activating group) is 1. The molecule has 0 bridgehead atoms. The van der Waals surface area contributed by atoms with Crippen LogP contribution in [0.25, 0.3) is 0 Å². The number of benzene rings is 1. The van der Waals surface area contributed by atoms with Gasteiger partial charge in [0, 0.05) is 36.3 Å². The van der Waals surface area contributed by atoms with Gasteiger partial charge in [-0.25, -0.2) is 0 Å². The number of piperazine rings is 1. The number of hydrogen-bond acceptors (Lipinski definition) is 3. The first-order valence-corrected chi connectivity index (χ1v) is 7.34. The van der Waals surface area contributed by atoms with Crippen LogP contribution in [0.4, 0.5) is 5.69 Å². The molecule has 4 nitrogen and oxygen atoms in total. The Bertz CT molecular complexity index is 464. The lowest BCUT2D eigenvalue weighted by molar-refractivity contribution is -0.121. The highest BCUT2D eigenvalue weighted by Crippen LogP contribution is 2.24. The molecule has 1 aliphatic rings. The summed E-state index contributed by atoms with van der Waals surface area (Å²) in [5, 5.41) is 3.11. The maximum absolute atomic E-state index is 12.2. The molecule has 104 valence electrons. The predicted octanol–water partition coefficient (Wildman–Crippen LogP) is 1.63. The first-order chi connectivity index (χ1) is 9.11. The van der Waals surface area contributed by atoms with Gasteiger partial charge in [-0.1, -0.05) is 15.9 Å². The van der Waals surface area contributed by atoms with Crippen LogP contribution in [-0.4, -0.2) is 50.6 Å². The average molecular weight is 326 g/mol. The Balaban J connectivity index is 2.03. The zero-order chi connectivity index (χ0) is 13.8. The normalized spacial score (nSPS) is 17.0. The smallest absolute Gasteiger partial charge is 0.241 e. The van der Waals surface area contributed by atoms with Gasteiger partial charge in [0.15, 0.2) is 0 Å². The Labute approximate surface area is 122 Å². The van der Waals surface area contributed by atoms with Crippen molar-refractivity contribution in [2.45, 2.75) is 6.92 Å². The molecule has 1 saturated heterocycles. The molecule has 1 heterocycles. The second kappa shape index (κ2) is 6.50. The van der Waals surface area contributed by atoms with Gasteiger partial charge in [0.2, 0.25) is 5.91 Å². The van der Waals surface area contributed by atoms with Crippen molar-refractivity contribution in [3.8, 4) is 0 Å². The molecular formula is C14H20BrN3O. The summed E-state index contributed by atoms with van der Waals surface area (Å²) in [4.78, 5) is 16.3. The van der Waals surface area contributed by atoms with Crippen LogP contribution in [0.1, 0.15) is 5.56 Å². The number of carbonyl (C=O) groups is 1. The summed E-state index contributed by atoms with van der Waals surface area (Å²) < 4.78 is 1.08. The molecule has 2 rings (SSSR count). The number of amides is 1. The standard InChI is InChI=1S/C14H20BrN3O/c1-11-9-12(3-4-13(11)15)18-8-7-17(6-5-16-2)10-14(18)19/h3-4,9,16H,5-8,10H2,1-2H3. The maximum atomic E-state index is 12.2. The van der Waals surface area contributed by atoms with Gasteiger partial charge in [-0.05, 0) is 37.7 Å². The van der Waals surface area contributed by atoms with Gasteiger partial charge in [0.1, 0.15) is 0 Å². The van der Waals surface area contributed by atoms with Gasteiger partial charge < -0.3 is 10.2 Å². The number of aryl methyl sites for hydroxylation is 1. The fraction of sp³-hybridized carbons (Fsp3) is 0.500. The van der Waals surface area contributed by atoms with Gasteiger partial charge >= 0.3 is 0 Å². The van der Waals surface area contributed by atoms with E-state index in [1.54, 1.807) is 0 Å². The quantitative estimate of drug-likeness (QED) is 0.913. The highest BCUT2D eigenvalue weighted by atomic mass is 79.9. The van der Waals surface area contributed by atoms with Gasteiger partial charge in [0.05, 0.1) is 6.54 Å². The molecule has 5 heteroatoms. The molecule has 0 radical (unpaired) electrons. The molecule has 1 aromatic carbocycles. The summed E-state index contributed by atoms with van der Waals surface area (Å²) in [5.41, 5.74) is 2.15. The van der Waals surface area contributed by atoms with Gasteiger partial charge in [-0.2, -0.15) is 0 Å². The molecule has 0 aliphatic carbocycles. The van der Waals surface area contributed by atoms with Crippen LogP contribution in [0.5, 0.6) is 0 Å². The Morgan fingerprint density at radius 3 is 2.79 bits per heavy atom. The van der Waals surface area contributed by atoms with E-state index in [0.29, 0.717) is 6.54 Å². The molecular weight excluding hydrogens is 306 g/mol. The van der Waals surface area contributed by atoms with E-state index < -0.39 is 0 Å². The zero-order valence-corrected chi connectivity index (χ0v) is 13.0. The summed E-state index contributed by atoms with van der Waals surface area (Å²) >= 11 is 3.49. The number of nitrogens with zero attached hydrogens (tertiary/aromatic N) is 2. The first-order valence-electron chi connectivity index (χ1n) is 6.55.